The van der Waals surface area contributed by atoms with Crippen molar-refractivity contribution in [2.24, 2.45) is 0 Å². The number of hydrogen-bond acceptors (Lipinski definition) is 6. The van der Waals surface area contributed by atoms with E-state index in [0.29, 0.717) is 36.7 Å². The van der Waals surface area contributed by atoms with Gasteiger partial charge in [0.15, 0.2) is 5.69 Å². The zero-order chi connectivity index (χ0) is 22.8. The molecule has 9 nitrogen and oxygen atoms in total. The smallest absolute Gasteiger partial charge is 0.290 e. The quantitative estimate of drug-likeness (QED) is 0.581. The number of carboxylic acid groups (broad SMARTS) is 1. The number of amides is 1. The van der Waals surface area contributed by atoms with Gasteiger partial charge >= 0.3 is 0 Å². The standard InChI is InChI=1S/C20H19F2N5O2.CH2O2/c1-26-4-2-15-14(9-26)18(25-24-15)20(28)27-5-3-17-16(10-27)23-19(29-17)11-6-12(21)8-13(22)7-11;2-1-3/h6-8H,2-5,9-10H2,1H3,(H,24,25);1H,(H,2,3). The van der Waals surface area contributed by atoms with Crippen LogP contribution in [-0.2, 0) is 30.7 Å². The van der Waals surface area contributed by atoms with Gasteiger partial charge in [-0.2, -0.15) is 5.10 Å². The summed E-state index contributed by atoms with van der Waals surface area (Å²) in [5.41, 5.74) is 3.25. The van der Waals surface area contributed by atoms with Crippen molar-refractivity contribution in [3.63, 3.8) is 0 Å². The molecule has 4 heterocycles. The predicted octanol–water partition coefficient (Wildman–Crippen LogP) is 2.23. The van der Waals surface area contributed by atoms with E-state index in [9.17, 15) is 13.6 Å². The zero-order valence-corrected chi connectivity index (χ0v) is 17.3. The molecule has 0 fully saturated rings. The summed E-state index contributed by atoms with van der Waals surface area (Å²) in [4.78, 5) is 29.7. The maximum Gasteiger partial charge on any atom is 0.290 e. The molecule has 11 heteroatoms. The molecule has 0 unspecified atom stereocenters. The number of benzene rings is 1. The van der Waals surface area contributed by atoms with Crippen LogP contribution >= 0.6 is 0 Å². The second-order valence-electron chi connectivity index (χ2n) is 7.65. The molecule has 168 valence electrons. The molecule has 0 saturated carbocycles. The van der Waals surface area contributed by atoms with E-state index < -0.39 is 11.6 Å². The molecule has 2 N–H and O–H groups in total. The van der Waals surface area contributed by atoms with E-state index in [1.165, 1.54) is 12.1 Å². The van der Waals surface area contributed by atoms with Gasteiger partial charge in [0.05, 0.1) is 6.54 Å². The summed E-state index contributed by atoms with van der Waals surface area (Å²) in [6.07, 6.45) is 1.32. The molecule has 0 atom stereocenters. The van der Waals surface area contributed by atoms with Crippen LogP contribution in [0.4, 0.5) is 8.78 Å². The molecule has 0 bridgehead atoms. The van der Waals surface area contributed by atoms with Crippen molar-refractivity contribution in [3.05, 3.63) is 58.2 Å². The number of aromatic nitrogens is 3. The highest BCUT2D eigenvalue weighted by atomic mass is 19.1. The van der Waals surface area contributed by atoms with Gasteiger partial charge in [0.1, 0.15) is 23.1 Å². The Bertz CT molecular complexity index is 1140. The Morgan fingerprint density at radius 1 is 1.19 bits per heavy atom. The Morgan fingerprint density at radius 3 is 2.62 bits per heavy atom. The number of nitrogens with one attached hydrogen (secondary N) is 1. The number of carbonyl (C=O) groups excluding carboxylic acids is 1. The zero-order valence-electron chi connectivity index (χ0n) is 17.3. The normalized spacial score (nSPS) is 15.4. The first-order chi connectivity index (χ1) is 15.4. The maximum atomic E-state index is 13.5. The first-order valence-electron chi connectivity index (χ1n) is 9.96. The van der Waals surface area contributed by atoms with Crippen LogP contribution < -0.4 is 0 Å². The van der Waals surface area contributed by atoms with Gasteiger partial charge in [-0.3, -0.25) is 14.7 Å². The highest BCUT2D eigenvalue weighted by Crippen LogP contribution is 2.28. The van der Waals surface area contributed by atoms with Crippen molar-refractivity contribution in [2.75, 3.05) is 20.1 Å². The molecule has 2 aliphatic rings. The van der Waals surface area contributed by atoms with Crippen molar-refractivity contribution in [1.29, 1.82) is 0 Å². The minimum Gasteiger partial charge on any atom is -0.483 e. The molecule has 3 aromatic rings. The Kier molecular flexibility index (Phi) is 5.99. The third-order valence-electron chi connectivity index (χ3n) is 5.45. The van der Waals surface area contributed by atoms with Gasteiger partial charge in [0.25, 0.3) is 12.4 Å². The Balaban J connectivity index is 0.000000775. The number of carbonyl (C=O) groups is 2. The molecular formula is C21H21F2N5O4. The van der Waals surface area contributed by atoms with E-state index >= 15 is 0 Å². The Hall–Kier alpha value is -3.60. The molecule has 2 aliphatic heterocycles. The van der Waals surface area contributed by atoms with Crippen LogP contribution in [0.3, 0.4) is 0 Å². The molecule has 0 aliphatic carbocycles. The monoisotopic (exact) mass is 445 g/mol. The van der Waals surface area contributed by atoms with Gasteiger partial charge in [-0.25, -0.2) is 13.8 Å². The summed E-state index contributed by atoms with van der Waals surface area (Å²) in [5, 5.41) is 14.1. The number of H-pyrrole nitrogens is 1. The second kappa shape index (κ2) is 8.87. The van der Waals surface area contributed by atoms with E-state index in [-0.39, 0.29) is 30.4 Å². The Morgan fingerprint density at radius 2 is 1.91 bits per heavy atom. The lowest BCUT2D eigenvalue weighted by Crippen LogP contribution is -2.37. The number of likely N-dealkylation sites (N-methyl/N-ethyl adjacent to an activating group) is 1. The van der Waals surface area contributed by atoms with Crippen LogP contribution in [0.25, 0.3) is 11.5 Å². The number of aromatic amines is 1. The first kappa shape index (κ1) is 21.6. The molecule has 0 saturated heterocycles. The second-order valence-corrected chi connectivity index (χ2v) is 7.65. The molecule has 5 rings (SSSR count). The van der Waals surface area contributed by atoms with Crippen LogP contribution in [0.5, 0.6) is 0 Å². The van der Waals surface area contributed by atoms with Gasteiger partial charge in [0, 0.05) is 55.4 Å². The van der Waals surface area contributed by atoms with Crippen LogP contribution in [0.1, 0.15) is 33.2 Å². The van der Waals surface area contributed by atoms with Gasteiger partial charge in [0.2, 0.25) is 5.89 Å². The highest BCUT2D eigenvalue weighted by molar-refractivity contribution is 5.94. The first-order valence-corrected chi connectivity index (χ1v) is 9.96. The molecular weight excluding hydrogens is 424 g/mol. The fraction of sp³-hybridized carbons (Fsp3) is 0.333. The number of fused-ring (bicyclic) bond motifs is 2. The molecule has 32 heavy (non-hydrogen) atoms. The van der Waals surface area contributed by atoms with E-state index in [4.69, 9.17) is 14.3 Å². The third-order valence-corrected chi connectivity index (χ3v) is 5.45. The summed E-state index contributed by atoms with van der Waals surface area (Å²) in [6, 6.07) is 3.15. The summed E-state index contributed by atoms with van der Waals surface area (Å²) in [5.74, 6) is -0.744. The maximum absolute atomic E-state index is 13.5. The lowest BCUT2D eigenvalue weighted by molar-refractivity contribution is -0.122. The molecule has 0 spiro atoms. The molecule has 1 amide bonds. The number of nitrogens with zero attached hydrogens (tertiary/aromatic N) is 4. The average molecular weight is 445 g/mol. The van der Waals surface area contributed by atoms with Gasteiger partial charge in [-0.05, 0) is 19.2 Å². The van der Waals surface area contributed by atoms with E-state index in [2.05, 4.69) is 20.1 Å². The highest BCUT2D eigenvalue weighted by Gasteiger charge is 2.31. The largest absolute Gasteiger partial charge is 0.483 e. The minimum atomic E-state index is -0.693. The van der Waals surface area contributed by atoms with Crippen molar-refractivity contribution in [1.82, 2.24) is 25.0 Å². The SMILES string of the molecule is CN1CCc2[nH]nc(C(=O)N3CCc4oc(-c5cc(F)cc(F)c5)nc4C3)c2C1.O=CO. The van der Waals surface area contributed by atoms with E-state index in [1.54, 1.807) is 4.90 Å². The van der Waals surface area contributed by atoms with Crippen molar-refractivity contribution >= 4 is 12.4 Å². The lowest BCUT2D eigenvalue weighted by Gasteiger charge is -2.26. The van der Waals surface area contributed by atoms with Crippen LogP contribution in [0.15, 0.2) is 22.6 Å². The van der Waals surface area contributed by atoms with Crippen LogP contribution in [-0.4, -0.2) is 62.6 Å². The van der Waals surface area contributed by atoms with E-state index in [1.807, 2.05) is 7.05 Å². The molecule has 1 aromatic carbocycles. The number of rotatable bonds is 2. The summed E-state index contributed by atoms with van der Waals surface area (Å²) in [6.45, 7) is 2.10. The Labute approximate surface area is 181 Å². The topological polar surface area (TPSA) is 116 Å². The fourth-order valence-corrected chi connectivity index (χ4v) is 3.93. The molecule has 2 aromatic heterocycles. The average Bonchev–Trinajstić information content (AvgIpc) is 3.36. The minimum absolute atomic E-state index is 0.148. The van der Waals surface area contributed by atoms with Gasteiger partial charge < -0.3 is 19.3 Å². The van der Waals surface area contributed by atoms with Gasteiger partial charge in [-0.1, -0.05) is 0 Å². The van der Waals surface area contributed by atoms with E-state index in [0.717, 1.165) is 30.3 Å². The summed E-state index contributed by atoms with van der Waals surface area (Å²) in [7, 11) is 2.02. The predicted molar refractivity (Wildman–Crippen MR) is 108 cm³/mol. The van der Waals surface area contributed by atoms with Gasteiger partial charge in [-0.15, -0.1) is 0 Å². The fourth-order valence-electron chi connectivity index (χ4n) is 3.93. The van der Waals surface area contributed by atoms with Crippen LogP contribution in [0, 0.1) is 11.6 Å². The van der Waals surface area contributed by atoms with Crippen molar-refractivity contribution in [3.8, 4) is 11.5 Å². The number of oxazole rings is 1. The van der Waals surface area contributed by atoms with Crippen molar-refractivity contribution < 1.29 is 27.9 Å². The molecule has 0 radical (unpaired) electrons. The number of hydrogen-bond donors (Lipinski definition) is 2. The van der Waals surface area contributed by atoms with Crippen molar-refractivity contribution in [2.45, 2.75) is 25.9 Å². The van der Waals surface area contributed by atoms with Crippen LogP contribution in [0.2, 0.25) is 0 Å². The number of halogens is 2. The summed E-state index contributed by atoms with van der Waals surface area (Å²) < 4.78 is 32.7. The summed E-state index contributed by atoms with van der Waals surface area (Å²) >= 11 is 0. The third kappa shape index (κ3) is 4.24. The lowest BCUT2D eigenvalue weighted by atomic mass is 10.0.